The minimum atomic E-state index is -0.276. The first-order valence-electron chi connectivity index (χ1n) is 7.26. The van der Waals surface area contributed by atoms with Gasteiger partial charge in [0.2, 0.25) is 0 Å². The highest BCUT2D eigenvalue weighted by Crippen LogP contribution is 2.17. The van der Waals surface area contributed by atoms with Crippen LogP contribution in [0.25, 0.3) is 0 Å². The third-order valence-corrected chi connectivity index (χ3v) is 3.91. The summed E-state index contributed by atoms with van der Waals surface area (Å²) in [6, 6.07) is 7.43. The second-order valence-electron chi connectivity index (χ2n) is 5.73. The van der Waals surface area contributed by atoms with Gasteiger partial charge < -0.3 is 5.32 Å². The Balaban J connectivity index is 2.11. The molecule has 0 amide bonds. The molecule has 0 bridgehead atoms. The van der Waals surface area contributed by atoms with E-state index in [1.54, 1.807) is 6.07 Å². The van der Waals surface area contributed by atoms with Gasteiger partial charge in [0.25, 0.3) is 0 Å². The molecule has 0 spiro atoms. The Hall–Kier alpha value is -1.44. The van der Waals surface area contributed by atoms with Gasteiger partial charge in [-0.25, -0.2) is 4.39 Å². The van der Waals surface area contributed by atoms with Crippen molar-refractivity contribution in [3.63, 3.8) is 0 Å². The zero-order valence-corrected chi connectivity index (χ0v) is 12.2. The highest BCUT2D eigenvalue weighted by molar-refractivity contribution is 5.37. The van der Waals surface area contributed by atoms with Gasteiger partial charge in [-0.2, -0.15) is 5.26 Å². The first-order chi connectivity index (χ1) is 9.60. The van der Waals surface area contributed by atoms with E-state index in [1.165, 1.54) is 25.0 Å². The lowest BCUT2D eigenvalue weighted by molar-refractivity contribution is 0.193. The van der Waals surface area contributed by atoms with Crippen molar-refractivity contribution in [1.82, 2.24) is 10.2 Å². The van der Waals surface area contributed by atoms with Gasteiger partial charge in [-0.05, 0) is 57.0 Å². The van der Waals surface area contributed by atoms with Crippen LogP contribution in [0.5, 0.6) is 0 Å². The molecular formula is C16H22FN3. The molecule has 108 valence electrons. The first kappa shape index (κ1) is 15.0. The highest BCUT2D eigenvalue weighted by atomic mass is 19.1. The zero-order valence-electron chi connectivity index (χ0n) is 12.2. The Kier molecular flexibility index (Phi) is 5.11. The monoisotopic (exact) mass is 275 g/mol. The molecule has 0 aliphatic carbocycles. The SMILES string of the molecule is CC(C)N(Cc1cc(F)ccc1C#N)CC1CCCN1. The minimum Gasteiger partial charge on any atom is -0.313 e. The van der Waals surface area contributed by atoms with Gasteiger partial charge in [-0.1, -0.05) is 0 Å². The highest BCUT2D eigenvalue weighted by Gasteiger charge is 2.20. The molecule has 1 atom stereocenters. The summed E-state index contributed by atoms with van der Waals surface area (Å²) < 4.78 is 13.4. The van der Waals surface area contributed by atoms with Crippen molar-refractivity contribution in [3.8, 4) is 6.07 Å². The fourth-order valence-corrected chi connectivity index (χ4v) is 2.67. The number of hydrogen-bond acceptors (Lipinski definition) is 3. The Morgan fingerprint density at radius 2 is 2.30 bits per heavy atom. The van der Waals surface area contributed by atoms with Crippen molar-refractivity contribution in [3.05, 3.63) is 35.1 Å². The van der Waals surface area contributed by atoms with E-state index in [9.17, 15) is 4.39 Å². The second kappa shape index (κ2) is 6.83. The Labute approximate surface area is 120 Å². The van der Waals surface area contributed by atoms with E-state index in [1.807, 2.05) is 0 Å². The van der Waals surface area contributed by atoms with E-state index in [-0.39, 0.29) is 5.82 Å². The molecule has 0 aromatic heterocycles. The molecule has 1 aromatic carbocycles. The normalized spacial score (nSPS) is 18.7. The van der Waals surface area contributed by atoms with Gasteiger partial charge in [-0.15, -0.1) is 0 Å². The van der Waals surface area contributed by atoms with E-state index in [2.05, 4.69) is 30.1 Å². The number of nitrogens with one attached hydrogen (secondary N) is 1. The molecule has 1 aliphatic rings. The van der Waals surface area contributed by atoms with E-state index in [0.717, 1.165) is 18.7 Å². The maximum absolute atomic E-state index is 13.4. The topological polar surface area (TPSA) is 39.1 Å². The Bertz CT molecular complexity index is 487. The Morgan fingerprint density at radius 1 is 1.50 bits per heavy atom. The lowest BCUT2D eigenvalue weighted by Gasteiger charge is -2.29. The standard InChI is InChI=1S/C16H22FN3/c1-12(2)20(11-16-4-3-7-19-16)10-14-8-15(17)6-5-13(14)9-18/h5-6,8,12,16,19H,3-4,7,10-11H2,1-2H3. The van der Waals surface area contributed by atoms with Crippen LogP contribution in [0.4, 0.5) is 4.39 Å². The number of nitrogens with zero attached hydrogens (tertiary/aromatic N) is 2. The summed E-state index contributed by atoms with van der Waals surface area (Å²) in [6.07, 6.45) is 2.41. The van der Waals surface area contributed by atoms with E-state index in [0.29, 0.717) is 24.2 Å². The predicted molar refractivity (Wildman–Crippen MR) is 77.7 cm³/mol. The fraction of sp³-hybridized carbons (Fsp3) is 0.562. The van der Waals surface area contributed by atoms with E-state index in [4.69, 9.17) is 5.26 Å². The quantitative estimate of drug-likeness (QED) is 0.898. The molecule has 1 aliphatic heterocycles. The third-order valence-electron chi connectivity index (χ3n) is 3.91. The molecule has 1 fully saturated rings. The van der Waals surface area contributed by atoms with Crippen LogP contribution in [-0.2, 0) is 6.54 Å². The van der Waals surface area contributed by atoms with Crippen LogP contribution in [0.2, 0.25) is 0 Å². The van der Waals surface area contributed by atoms with Crippen molar-refractivity contribution >= 4 is 0 Å². The average molecular weight is 275 g/mol. The minimum absolute atomic E-state index is 0.276. The average Bonchev–Trinajstić information content (AvgIpc) is 2.91. The second-order valence-corrected chi connectivity index (χ2v) is 5.73. The third kappa shape index (κ3) is 3.78. The predicted octanol–water partition coefficient (Wildman–Crippen LogP) is 2.66. The van der Waals surface area contributed by atoms with Gasteiger partial charge in [-0.3, -0.25) is 4.90 Å². The van der Waals surface area contributed by atoms with Crippen LogP contribution in [0.15, 0.2) is 18.2 Å². The first-order valence-corrected chi connectivity index (χ1v) is 7.26. The Morgan fingerprint density at radius 3 is 2.90 bits per heavy atom. The molecule has 2 rings (SSSR count). The van der Waals surface area contributed by atoms with E-state index >= 15 is 0 Å². The number of hydrogen-bond donors (Lipinski definition) is 1. The molecule has 1 heterocycles. The number of benzene rings is 1. The lowest BCUT2D eigenvalue weighted by atomic mass is 10.1. The largest absolute Gasteiger partial charge is 0.313 e. The summed E-state index contributed by atoms with van der Waals surface area (Å²) in [6.45, 7) is 6.93. The van der Waals surface area contributed by atoms with Crippen LogP contribution < -0.4 is 5.32 Å². The molecule has 0 saturated carbocycles. The van der Waals surface area contributed by atoms with Gasteiger partial charge in [0, 0.05) is 25.2 Å². The smallest absolute Gasteiger partial charge is 0.123 e. The van der Waals surface area contributed by atoms with Crippen LogP contribution in [-0.4, -0.2) is 30.1 Å². The summed E-state index contributed by atoms with van der Waals surface area (Å²) in [4.78, 5) is 2.30. The molecule has 1 saturated heterocycles. The molecule has 1 unspecified atom stereocenters. The summed E-state index contributed by atoms with van der Waals surface area (Å²) in [7, 11) is 0. The van der Waals surface area contributed by atoms with Crippen LogP contribution in [0, 0.1) is 17.1 Å². The van der Waals surface area contributed by atoms with Crippen LogP contribution in [0.1, 0.15) is 37.8 Å². The number of nitriles is 1. The van der Waals surface area contributed by atoms with Gasteiger partial charge in [0.1, 0.15) is 5.82 Å². The van der Waals surface area contributed by atoms with Crippen molar-refractivity contribution in [1.29, 1.82) is 5.26 Å². The van der Waals surface area contributed by atoms with Gasteiger partial charge in [0.15, 0.2) is 0 Å². The molecule has 1 N–H and O–H groups in total. The maximum atomic E-state index is 13.4. The summed E-state index contributed by atoms with van der Waals surface area (Å²) in [5, 5.41) is 12.6. The lowest BCUT2D eigenvalue weighted by Crippen LogP contribution is -2.40. The van der Waals surface area contributed by atoms with Gasteiger partial charge >= 0.3 is 0 Å². The van der Waals surface area contributed by atoms with E-state index < -0.39 is 0 Å². The molecule has 20 heavy (non-hydrogen) atoms. The molecule has 3 nitrogen and oxygen atoms in total. The number of halogens is 1. The molecule has 1 aromatic rings. The van der Waals surface area contributed by atoms with Gasteiger partial charge in [0.05, 0.1) is 11.6 Å². The van der Waals surface area contributed by atoms with Crippen molar-refractivity contribution in [2.75, 3.05) is 13.1 Å². The van der Waals surface area contributed by atoms with Crippen LogP contribution in [0.3, 0.4) is 0 Å². The van der Waals surface area contributed by atoms with Crippen molar-refractivity contribution < 1.29 is 4.39 Å². The summed E-state index contributed by atoms with van der Waals surface area (Å²) in [5.41, 5.74) is 1.34. The maximum Gasteiger partial charge on any atom is 0.123 e. The zero-order chi connectivity index (χ0) is 14.5. The number of rotatable bonds is 5. The molecule has 4 heteroatoms. The summed E-state index contributed by atoms with van der Waals surface area (Å²) in [5.74, 6) is -0.276. The molecule has 0 radical (unpaired) electrons. The van der Waals surface area contributed by atoms with Crippen molar-refractivity contribution in [2.45, 2.75) is 45.3 Å². The van der Waals surface area contributed by atoms with Crippen molar-refractivity contribution in [2.24, 2.45) is 0 Å². The van der Waals surface area contributed by atoms with Crippen LogP contribution >= 0.6 is 0 Å². The summed E-state index contributed by atoms with van der Waals surface area (Å²) >= 11 is 0. The fourth-order valence-electron chi connectivity index (χ4n) is 2.67. The molecular weight excluding hydrogens is 253 g/mol.